The van der Waals surface area contributed by atoms with Gasteiger partial charge in [0.25, 0.3) is 0 Å². The highest BCUT2D eigenvalue weighted by Crippen LogP contribution is 2.26. The Hall–Kier alpha value is -2.54. The summed E-state index contributed by atoms with van der Waals surface area (Å²) in [6, 6.07) is 4.72. The molecule has 1 atom stereocenters. The number of unbranched alkanes of at least 4 members (excludes halogenated alkanes) is 21. The molecule has 0 bridgehead atoms. The fraction of sp³-hybridized carbons (Fsp3) is 0.737. The summed E-state index contributed by atoms with van der Waals surface area (Å²) in [6.07, 6.45) is 31.2. The van der Waals surface area contributed by atoms with E-state index in [9.17, 15) is 19.8 Å². The van der Waals surface area contributed by atoms with E-state index in [0.717, 1.165) is 19.3 Å². The van der Waals surface area contributed by atoms with Crippen LogP contribution in [0.4, 0.5) is 0 Å². The summed E-state index contributed by atoms with van der Waals surface area (Å²) in [7, 11) is 1.45. The van der Waals surface area contributed by atoms with Crippen molar-refractivity contribution >= 4 is 18.0 Å². The molecule has 7 heteroatoms. The molecule has 0 spiro atoms. The second-order valence-electron chi connectivity index (χ2n) is 12.4. The van der Waals surface area contributed by atoms with E-state index < -0.39 is 12.1 Å². The van der Waals surface area contributed by atoms with E-state index in [4.69, 9.17) is 14.2 Å². The van der Waals surface area contributed by atoms with Crippen LogP contribution >= 0.6 is 0 Å². The van der Waals surface area contributed by atoms with E-state index >= 15 is 0 Å². The van der Waals surface area contributed by atoms with Crippen molar-refractivity contribution in [2.24, 2.45) is 0 Å². The number of methoxy groups -OCH3 is 1. The second kappa shape index (κ2) is 28.9. The lowest BCUT2D eigenvalue weighted by molar-refractivity contribution is -0.150. The maximum atomic E-state index is 11.9. The first kappa shape index (κ1) is 40.5. The first-order chi connectivity index (χ1) is 22.0. The largest absolute Gasteiger partial charge is 0.504 e. The fourth-order valence-corrected chi connectivity index (χ4v) is 5.39. The van der Waals surface area contributed by atoms with Crippen molar-refractivity contribution in [3.63, 3.8) is 0 Å². The van der Waals surface area contributed by atoms with Crippen LogP contribution in [-0.2, 0) is 19.1 Å². The number of carbonyl (C=O) groups is 2. The number of phenolic OH excluding ortho intramolecular Hbond substituents is 1. The maximum Gasteiger partial charge on any atom is 0.330 e. The van der Waals surface area contributed by atoms with Crippen LogP contribution in [0.2, 0.25) is 0 Å². The van der Waals surface area contributed by atoms with Crippen LogP contribution in [0, 0.1) is 0 Å². The van der Waals surface area contributed by atoms with Crippen LogP contribution in [-0.4, -0.2) is 48.6 Å². The van der Waals surface area contributed by atoms with Crippen LogP contribution in [0.25, 0.3) is 6.08 Å². The minimum atomic E-state index is -1.08. The Morgan fingerprint density at radius 2 is 1.13 bits per heavy atom. The van der Waals surface area contributed by atoms with Gasteiger partial charge in [0, 0.05) is 12.5 Å². The van der Waals surface area contributed by atoms with Gasteiger partial charge in [-0.3, -0.25) is 4.79 Å². The van der Waals surface area contributed by atoms with Crippen LogP contribution in [0.5, 0.6) is 11.5 Å². The molecule has 1 rings (SSSR count). The quantitative estimate of drug-likeness (QED) is 0.0494. The molecule has 2 N–H and O–H groups in total. The number of hydrogen-bond donors (Lipinski definition) is 2. The summed E-state index contributed by atoms with van der Waals surface area (Å²) in [4.78, 5) is 23.8. The number of esters is 2. The summed E-state index contributed by atoms with van der Waals surface area (Å²) in [5.41, 5.74) is 0.593. The molecule has 0 aliphatic heterocycles. The Balaban J connectivity index is 1.85. The third kappa shape index (κ3) is 24.4. The van der Waals surface area contributed by atoms with Crippen molar-refractivity contribution in [3.05, 3.63) is 29.8 Å². The molecule has 0 fully saturated rings. The van der Waals surface area contributed by atoms with Crippen molar-refractivity contribution in [2.75, 3.05) is 20.3 Å². The maximum absolute atomic E-state index is 11.9. The normalized spacial score (nSPS) is 12.0. The number of aliphatic hydroxyl groups is 1. The molecule has 0 amide bonds. The molecule has 0 aliphatic carbocycles. The Labute approximate surface area is 274 Å². The predicted molar refractivity (Wildman–Crippen MR) is 183 cm³/mol. The third-order valence-electron chi connectivity index (χ3n) is 8.20. The summed E-state index contributed by atoms with van der Waals surface area (Å²) in [5, 5.41) is 19.7. The van der Waals surface area contributed by atoms with Gasteiger partial charge >= 0.3 is 11.9 Å². The van der Waals surface area contributed by atoms with Gasteiger partial charge in [-0.05, 0) is 30.2 Å². The monoisotopic (exact) mass is 632 g/mol. The smallest absolute Gasteiger partial charge is 0.330 e. The lowest BCUT2D eigenvalue weighted by Gasteiger charge is -2.11. The highest BCUT2D eigenvalue weighted by Gasteiger charge is 2.11. The van der Waals surface area contributed by atoms with Gasteiger partial charge in [0.05, 0.1) is 7.11 Å². The molecule has 0 aliphatic rings. The molecule has 0 unspecified atom stereocenters. The highest BCUT2D eigenvalue weighted by molar-refractivity contribution is 5.87. The zero-order chi connectivity index (χ0) is 32.8. The van der Waals surface area contributed by atoms with Crippen molar-refractivity contribution in [2.45, 2.75) is 161 Å². The molecule has 7 nitrogen and oxygen atoms in total. The van der Waals surface area contributed by atoms with Gasteiger partial charge in [0.1, 0.15) is 19.3 Å². The van der Waals surface area contributed by atoms with Crippen LogP contribution in [0.15, 0.2) is 24.3 Å². The number of aromatic hydroxyl groups is 1. The lowest BCUT2D eigenvalue weighted by atomic mass is 10.0. The predicted octanol–water partition coefficient (Wildman–Crippen LogP) is 9.85. The Bertz CT molecular complexity index is 898. The Morgan fingerprint density at radius 1 is 0.689 bits per heavy atom. The molecule has 0 aromatic heterocycles. The summed E-state index contributed by atoms with van der Waals surface area (Å²) < 4.78 is 15.1. The average Bonchev–Trinajstić information content (AvgIpc) is 3.04. The van der Waals surface area contributed by atoms with Gasteiger partial charge in [-0.25, -0.2) is 4.79 Å². The molecular weight excluding hydrogens is 568 g/mol. The number of rotatable bonds is 30. The van der Waals surface area contributed by atoms with Gasteiger partial charge in [-0.1, -0.05) is 148 Å². The Kier molecular flexibility index (Phi) is 26.0. The first-order valence-corrected chi connectivity index (χ1v) is 18.0. The van der Waals surface area contributed by atoms with Gasteiger partial charge in [-0.15, -0.1) is 0 Å². The summed E-state index contributed by atoms with van der Waals surface area (Å²) in [6.45, 7) is 1.80. The van der Waals surface area contributed by atoms with E-state index in [1.54, 1.807) is 12.1 Å². The molecule has 1 aromatic carbocycles. The number of phenols is 1. The Morgan fingerprint density at radius 3 is 1.58 bits per heavy atom. The molecule has 0 saturated carbocycles. The standard InChI is InChI=1S/C38H64O7/c1-3-4-5-6-7-8-9-10-11-12-13-14-15-16-17-18-19-20-21-22-23-24-25-37(41)44-31-34(39)32-45-38(42)29-27-33-26-28-36(43-2)35(40)30-33/h26-30,34,39-40H,3-25,31-32H2,1-2H3/b29-27+/t34-/m0/s1. The van der Waals surface area contributed by atoms with Crippen LogP contribution < -0.4 is 4.74 Å². The summed E-state index contributed by atoms with van der Waals surface area (Å²) >= 11 is 0. The minimum Gasteiger partial charge on any atom is -0.504 e. The van der Waals surface area contributed by atoms with E-state index in [1.807, 2.05) is 0 Å². The van der Waals surface area contributed by atoms with Gasteiger partial charge in [-0.2, -0.15) is 0 Å². The number of ether oxygens (including phenoxy) is 3. The van der Waals surface area contributed by atoms with Crippen LogP contribution in [0.1, 0.15) is 160 Å². The molecule has 0 saturated heterocycles. The van der Waals surface area contributed by atoms with E-state index in [-0.39, 0.29) is 24.9 Å². The average molecular weight is 633 g/mol. The van der Waals surface area contributed by atoms with Gasteiger partial charge < -0.3 is 24.4 Å². The number of carbonyl (C=O) groups excluding carboxylic acids is 2. The SMILES string of the molecule is CCCCCCCCCCCCCCCCCCCCCCCCC(=O)OC[C@H](O)COC(=O)/C=C/c1ccc(OC)c(O)c1. The van der Waals surface area contributed by atoms with Crippen molar-refractivity contribution in [3.8, 4) is 11.5 Å². The second-order valence-corrected chi connectivity index (χ2v) is 12.4. The molecule has 258 valence electrons. The molecule has 45 heavy (non-hydrogen) atoms. The number of aliphatic hydroxyl groups excluding tert-OH is 1. The van der Waals surface area contributed by atoms with Gasteiger partial charge in [0.15, 0.2) is 11.5 Å². The highest BCUT2D eigenvalue weighted by atomic mass is 16.6. The topological polar surface area (TPSA) is 102 Å². The van der Waals surface area contributed by atoms with E-state index in [0.29, 0.717) is 17.7 Å². The van der Waals surface area contributed by atoms with Crippen molar-refractivity contribution < 1.29 is 34.0 Å². The fourth-order valence-electron chi connectivity index (χ4n) is 5.39. The third-order valence-corrected chi connectivity index (χ3v) is 8.20. The minimum absolute atomic E-state index is 0.0361. The number of hydrogen-bond acceptors (Lipinski definition) is 7. The zero-order valence-electron chi connectivity index (χ0n) is 28.6. The molecular formula is C38H64O7. The number of benzene rings is 1. The van der Waals surface area contributed by atoms with Crippen LogP contribution in [0.3, 0.4) is 0 Å². The molecule has 0 heterocycles. The summed E-state index contributed by atoms with van der Waals surface area (Å²) in [5.74, 6) is -0.687. The molecule has 0 radical (unpaired) electrons. The van der Waals surface area contributed by atoms with Crippen molar-refractivity contribution in [1.82, 2.24) is 0 Å². The van der Waals surface area contributed by atoms with Gasteiger partial charge in [0.2, 0.25) is 0 Å². The van der Waals surface area contributed by atoms with E-state index in [2.05, 4.69) is 6.92 Å². The molecule has 1 aromatic rings. The zero-order valence-corrected chi connectivity index (χ0v) is 28.6. The lowest BCUT2D eigenvalue weighted by Crippen LogP contribution is -2.24. The van der Waals surface area contributed by atoms with Crippen molar-refractivity contribution in [1.29, 1.82) is 0 Å². The van der Waals surface area contributed by atoms with E-state index in [1.165, 1.54) is 147 Å². The first-order valence-electron chi connectivity index (χ1n) is 18.0.